The predicted molar refractivity (Wildman–Crippen MR) is 107 cm³/mol. The number of amides is 1. The third-order valence-electron chi connectivity index (χ3n) is 3.90. The van der Waals surface area contributed by atoms with Crippen molar-refractivity contribution >= 4 is 45.4 Å². The lowest BCUT2D eigenvalue weighted by molar-refractivity contribution is 0.145. The zero-order chi connectivity index (χ0) is 19.3. The first-order valence-corrected chi connectivity index (χ1v) is 10.3. The third-order valence-corrected chi connectivity index (χ3v) is 5.17. The number of hydrogen-bond donors (Lipinski definition) is 1. The van der Waals surface area contributed by atoms with Crippen LogP contribution in [0.5, 0.6) is 0 Å². The van der Waals surface area contributed by atoms with Gasteiger partial charge in [0.05, 0.1) is 17.9 Å². The second-order valence-electron chi connectivity index (χ2n) is 6.23. The Hall–Kier alpha value is -1.58. The highest BCUT2D eigenvalue weighted by Crippen LogP contribution is 2.28. The second kappa shape index (κ2) is 9.38. The van der Waals surface area contributed by atoms with Gasteiger partial charge in [-0.15, -0.1) is 0 Å². The van der Waals surface area contributed by atoms with Gasteiger partial charge in [0.1, 0.15) is 11.9 Å². The van der Waals surface area contributed by atoms with Crippen molar-refractivity contribution in [2.24, 2.45) is 5.73 Å². The molecule has 2 saturated heterocycles. The van der Waals surface area contributed by atoms with Crippen LogP contribution in [0.2, 0.25) is 0 Å². The van der Waals surface area contributed by atoms with Gasteiger partial charge in [-0.1, -0.05) is 12.2 Å². The number of rotatable bonds is 3. The molecule has 9 heteroatoms. The lowest BCUT2D eigenvalue weighted by atomic mass is 10.2. The molecule has 0 bridgehead atoms. The van der Waals surface area contributed by atoms with E-state index in [2.05, 4.69) is 12.2 Å². The molecule has 6 nitrogen and oxygen atoms in total. The number of hydrogen-bond acceptors (Lipinski definition) is 6. The van der Waals surface area contributed by atoms with Gasteiger partial charge in [0.25, 0.3) is 0 Å². The summed E-state index contributed by atoms with van der Waals surface area (Å²) in [6.45, 7) is 5.52. The van der Waals surface area contributed by atoms with E-state index >= 15 is 0 Å². The first kappa shape index (κ1) is 20.7. The maximum atomic E-state index is 14.4. The molecule has 0 spiro atoms. The van der Waals surface area contributed by atoms with E-state index in [-0.39, 0.29) is 12.6 Å². The first-order valence-electron chi connectivity index (χ1n) is 8.36. The van der Waals surface area contributed by atoms with Gasteiger partial charge in [-0.3, -0.25) is 9.11 Å². The summed E-state index contributed by atoms with van der Waals surface area (Å²) in [7, 11) is -0.803. The van der Waals surface area contributed by atoms with Gasteiger partial charge >= 0.3 is 6.09 Å². The maximum Gasteiger partial charge on any atom is 0.414 e. The molecular weight excluding hydrogens is 377 g/mol. The lowest BCUT2D eigenvalue weighted by Gasteiger charge is -2.29. The molecular formula is C17H24FN3O3S2. The fourth-order valence-electron chi connectivity index (χ4n) is 2.65. The van der Waals surface area contributed by atoms with Crippen molar-refractivity contribution in [1.29, 1.82) is 0 Å². The van der Waals surface area contributed by atoms with E-state index in [1.165, 1.54) is 11.0 Å². The fourth-order valence-corrected chi connectivity index (χ4v) is 3.71. The van der Waals surface area contributed by atoms with Crippen LogP contribution in [0.25, 0.3) is 0 Å². The lowest BCUT2D eigenvalue weighted by Crippen LogP contribution is -2.38. The van der Waals surface area contributed by atoms with Crippen molar-refractivity contribution < 1.29 is 18.1 Å². The quantitative estimate of drug-likeness (QED) is 0.782. The smallest absolute Gasteiger partial charge is 0.414 e. The van der Waals surface area contributed by atoms with E-state index in [1.807, 2.05) is 18.7 Å². The molecule has 0 saturated carbocycles. The molecule has 1 amide bonds. The summed E-state index contributed by atoms with van der Waals surface area (Å²) in [6, 6.07) is 4.69. The van der Waals surface area contributed by atoms with Crippen LogP contribution in [-0.2, 0) is 15.5 Å². The summed E-state index contributed by atoms with van der Waals surface area (Å²) in [4.78, 5) is 16.0. The van der Waals surface area contributed by atoms with E-state index in [0.29, 0.717) is 42.5 Å². The topological polar surface area (TPSA) is 75.9 Å². The third kappa shape index (κ3) is 5.46. The van der Waals surface area contributed by atoms with E-state index in [0.717, 1.165) is 4.86 Å². The van der Waals surface area contributed by atoms with Crippen molar-refractivity contribution in [1.82, 2.24) is 0 Å². The summed E-state index contributed by atoms with van der Waals surface area (Å²) in [5.41, 5.74) is 6.43. The minimum atomic E-state index is -0.803. The highest BCUT2D eigenvalue weighted by atomic mass is 32.2. The summed E-state index contributed by atoms with van der Waals surface area (Å²) in [5, 5.41) is 0. The monoisotopic (exact) mass is 401 g/mol. The fraction of sp³-hybridized carbons (Fsp3) is 0.529. The van der Waals surface area contributed by atoms with E-state index < -0.39 is 22.7 Å². The van der Waals surface area contributed by atoms with Gasteiger partial charge in [0.15, 0.2) is 0 Å². The largest absolute Gasteiger partial charge is 0.443 e. The first-order chi connectivity index (χ1) is 12.3. The molecule has 2 aliphatic rings. The highest BCUT2D eigenvalue weighted by Gasteiger charge is 2.32. The predicted octanol–water partition coefficient (Wildman–Crippen LogP) is 2.07. The second-order valence-corrected chi connectivity index (χ2v) is 8.74. The maximum absolute atomic E-state index is 14.4. The normalized spacial score (nSPS) is 20.5. The highest BCUT2D eigenvalue weighted by molar-refractivity contribution is 7.85. The van der Waals surface area contributed by atoms with E-state index in [9.17, 15) is 13.4 Å². The van der Waals surface area contributed by atoms with Crippen molar-refractivity contribution in [3.63, 3.8) is 0 Å². The van der Waals surface area contributed by atoms with Crippen molar-refractivity contribution in [2.45, 2.75) is 20.0 Å². The number of halogens is 1. The molecule has 1 atom stereocenters. The van der Waals surface area contributed by atoms with Crippen LogP contribution in [0.3, 0.4) is 0 Å². The minimum absolute atomic E-state index is 0.244. The molecule has 2 N–H and O–H groups in total. The molecule has 1 aromatic carbocycles. The standard InChI is InChI=1S/C14H18FN3O3S.C3H6S/c15-12-7-10(18-9-11(8-16)21-14(18)19)1-2-13(12)17-3-5-22(20)6-4-17;1-3(2)4/h1-2,7,11H,3-6,8-9,16H2;1-2H3/t11-;/m0./s1. The van der Waals surface area contributed by atoms with Crippen LogP contribution in [0.4, 0.5) is 20.6 Å². The molecule has 2 fully saturated rings. The molecule has 2 heterocycles. The van der Waals surface area contributed by atoms with Crippen molar-refractivity contribution in [3.05, 3.63) is 24.0 Å². The molecule has 144 valence electrons. The van der Waals surface area contributed by atoms with Gasteiger partial charge in [0.2, 0.25) is 0 Å². The molecule has 1 aromatic rings. The number of anilines is 2. The van der Waals surface area contributed by atoms with Gasteiger partial charge in [0, 0.05) is 41.9 Å². The Labute approximate surface area is 160 Å². The number of ether oxygens (including phenoxy) is 1. The number of carbonyl (C=O) groups excluding carboxylic acids is 1. The zero-order valence-corrected chi connectivity index (χ0v) is 16.6. The van der Waals surface area contributed by atoms with Gasteiger partial charge in [-0.2, -0.15) is 0 Å². The van der Waals surface area contributed by atoms with Crippen LogP contribution >= 0.6 is 12.2 Å². The van der Waals surface area contributed by atoms with Crippen LogP contribution < -0.4 is 15.5 Å². The molecule has 0 radical (unpaired) electrons. The van der Waals surface area contributed by atoms with Crippen molar-refractivity contribution in [3.8, 4) is 0 Å². The van der Waals surface area contributed by atoms with Gasteiger partial charge in [-0.05, 0) is 36.9 Å². The van der Waals surface area contributed by atoms with Crippen LogP contribution in [0, 0.1) is 5.82 Å². The molecule has 26 heavy (non-hydrogen) atoms. The van der Waals surface area contributed by atoms with Crippen LogP contribution in [-0.4, -0.2) is 59.0 Å². The molecule has 0 aromatic heterocycles. The van der Waals surface area contributed by atoms with E-state index in [4.69, 9.17) is 10.5 Å². The number of thiocarbonyl (C=S) groups is 1. The minimum Gasteiger partial charge on any atom is -0.443 e. The summed E-state index contributed by atoms with van der Waals surface area (Å²) in [5.74, 6) is 0.713. The summed E-state index contributed by atoms with van der Waals surface area (Å²) >= 11 is 4.54. The summed E-state index contributed by atoms with van der Waals surface area (Å²) < 4.78 is 30.8. The number of cyclic esters (lactones) is 1. The average Bonchev–Trinajstić information content (AvgIpc) is 2.96. The Morgan fingerprint density at radius 2 is 2.00 bits per heavy atom. The Morgan fingerprint density at radius 3 is 2.50 bits per heavy atom. The van der Waals surface area contributed by atoms with Gasteiger partial charge in [-0.25, -0.2) is 9.18 Å². The number of carbonyl (C=O) groups is 1. The molecule has 3 rings (SSSR count). The molecule has 2 aliphatic heterocycles. The number of benzene rings is 1. The Bertz CT molecular complexity index is 688. The molecule has 0 unspecified atom stereocenters. The Morgan fingerprint density at radius 1 is 1.38 bits per heavy atom. The van der Waals surface area contributed by atoms with E-state index in [1.54, 1.807) is 12.1 Å². The number of nitrogens with two attached hydrogens (primary N) is 1. The van der Waals surface area contributed by atoms with Crippen molar-refractivity contribution in [2.75, 3.05) is 47.5 Å². The average molecular weight is 402 g/mol. The zero-order valence-electron chi connectivity index (χ0n) is 14.9. The molecule has 0 aliphatic carbocycles. The van der Waals surface area contributed by atoms with Crippen LogP contribution in [0.1, 0.15) is 13.8 Å². The number of nitrogens with zero attached hydrogens (tertiary/aromatic N) is 2. The van der Waals surface area contributed by atoms with Gasteiger partial charge < -0.3 is 15.4 Å². The Kier molecular flexibility index (Phi) is 7.48. The Balaban J connectivity index is 0.000000552. The van der Waals surface area contributed by atoms with Crippen LogP contribution in [0.15, 0.2) is 18.2 Å². The summed E-state index contributed by atoms with van der Waals surface area (Å²) in [6.07, 6.45) is -0.858. The SMILES string of the molecule is CC(C)=S.NC[C@H]1CN(c2ccc(N3CCS(=O)CC3)c(F)c2)C(=O)O1.